The van der Waals surface area contributed by atoms with Gasteiger partial charge in [-0.3, -0.25) is 0 Å². The fourth-order valence-corrected chi connectivity index (χ4v) is 6.19. The number of halogens is 2. The first-order valence-corrected chi connectivity index (χ1v) is 12.9. The molecule has 0 saturated heterocycles. The van der Waals surface area contributed by atoms with E-state index in [2.05, 4.69) is 55.1 Å². The average molecular weight is 472 g/mol. The van der Waals surface area contributed by atoms with Crippen LogP contribution in [0.4, 0.5) is 0 Å². The lowest BCUT2D eigenvalue weighted by Crippen LogP contribution is -2.39. The standard InChI is InChI=1S/C28H36Cl2N2/c1-3-19-32(20-17-23-10-5-4-6-11-23)22(2)16-18-28(21-31,24-12-7-8-13-24)27-25(29)14-9-15-26(27)30/h4-6,9-11,14-15,22,24H,3,7-8,12-13,16-20H2,1-2H3. The molecule has 1 aliphatic carbocycles. The Bertz CT molecular complexity index is 866. The molecule has 172 valence electrons. The first-order valence-electron chi connectivity index (χ1n) is 12.2. The summed E-state index contributed by atoms with van der Waals surface area (Å²) in [7, 11) is 0. The van der Waals surface area contributed by atoms with Crippen LogP contribution in [-0.2, 0) is 11.8 Å². The Morgan fingerprint density at radius 3 is 2.28 bits per heavy atom. The lowest BCUT2D eigenvalue weighted by atomic mass is 9.67. The van der Waals surface area contributed by atoms with Crippen molar-refractivity contribution in [2.45, 2.75) is 76.7 Å². The summed E-state index contributed by atoms with van der Waals surface area (Å²) < 4.78 is 0. The van der Waals surface area contributed by atoms with Gasteiger partial charge in [-0.1, -0.05) is 79.4 Å². The molecule has 2 aromatic rings. The molecule has 2 unspecified atom stereocenters. The number of benzene rings is 2. The van der Waals surface area contributed by atoms with Crippen molar-refractivity contribution in [3.05, 3.63) is 69.7 Å². The molecule has 0 bridgehead atoms. The van der Waals surface area contributed by atoms with E-state index in [9.17, 15) is 5.26 Å². The minimum Gasteiger partial charge on any atom is -0.300 e. The maximum atomic E-state index is 10.6. The summed E-state index contributed by atoms with van der Waals surface area (Å²) in [6.45, 7) is 6.66. The van der Waals surface area contributed by atoms with Gasteiger partial charge in [-0.05, 0) is 75.6 Å². The quantitative estimate of drug-likeness (QED) is 0.331. The maximum Gasteiger partial charge on any atom is 0.0879 e. The summed E-state index contributed by atoms with van der Waals surface area (Å²) in [6, 6.07) is 19.5. The van der Waals surface area contributed by atoms with Gasteiger partial charge in [0.15, 0.2) is 0 Å². The van der Waals surface area contributed by atoms with Gasteiger partial charge in [0, 0.05) is 28.2 Å². The zero-order valence-corrected chi connectivity index (χ0v) is 21.0. The van der Waals surface area contributed by atoms with Crippen LogP contribution >= 0.6 is 23.2 Å². The summed E-state index contributed by atoms with van der Waals surface area (Å²) in [4.78, 5) is 2.58. The molecule has 0 aromatic heterocycles. The van der Waals surface area contributed by atoms with Gasteiger partial charge in [-0.15, -0.1) is 0 Å². The minimum absolute atomic E-state index is 0.320. The Morgan fingerprint density at radius 2 is 1.69 bits per heavy atom. The topological polar surface area (TPSA) is 27.0 Å². The molecule has 2 atom stereocenters. The second-order valence-electron chi connectivity index (χ2n) is 9.32. The lowest BCUT2D eigenvalue weighted by Gasteiger charge is -2.37. The summed E-state index contributed by atoms with van der Waals surface area (Å²) in [5.74, 6) is 0.320. The normalized spacial score (nSPS) is 17.2. The van der Waals surface area contributed by atoms with Crippen LogP contribution < -0.4 is 0 Å². The van der Waals surface area contributed by atoms with Crippen molar-refractivity contribution in [2.75, 3.05) is 13.1 Å². The van der Waals surface area contributed by atoms with Crippen LogP contribution in [0.25, 0.3) is 0 Å². The van der Waals surface area contributed by atoms with E-state index >= 15 is 0 Å². The van der Waals surface area contributed by atoms with Crippen LogP contribution in [0.1, 0.15) is 69.9 Å². The summed E-state index contributed by atoms with van der Waals surface area (Å²) in [5.41, 5.74) is 1.62. The van der Waals surface area contributed by atoms with Gasteiger partial charge >= 0.3 is 0 Å². The van der Waals surface area contributed by atoms with Crippen molar-refractivity contribution in [2.24, 2.45) is 5.92 Å². The monoisotopic (exact) mass is 470 g/mol. The molecule has 0 radical (unpaired) electrons. The van der Waals surface area contributed by atoms with Gasteiger partial charge < -0.3 is 4.90 Å². The molecule has 3 rings (SSSR count). The Morgan fingerprint density at radius 1 is 1.03 bits per heavy atom. The molecule has 0 aliphatic heterocycles. The highest BCUT2D eigenvalue weighted by Crippen LogP contribution is 2.49. The highest BCUT2D eigenvalue weighted by Gasteiger charge is 2.44. The van der Waals surface area contributed by atoms with Crippen molar-refractivity contribution in [3.8, 4) is 6.07 Å². The van der Waals surface area contributed by atoms with Crippen molar-refractivity contribution in [1.82, 2.24) is 4.90 Å². The first-order chi connectivity index (χ1) is 15.5. The fourth-order valence-electron chi connectivity index (χ4n) is 5.46. The smallest absolute Gasteiger partial charge is 0.0879 e. The minimum atomic E-state index is -0.614. The van der Waals surface area contributed by atoms with E-state index in [-0.39, 0.29) is 0 Å². The third kappa shape index (κ3) is 5.88. The highest BCUT2D eigenvalue weighted by molar-refractivity contribution is 6.36. The second kappa shape index (κ2) is 12.1. The number of hydrogen-bond acceptors (Lipinski definition) is 2. The Hall–Kier alpha value is -1.53. The summed E-state index contributed by atoms with van der Waals surface area (Å²) in [5, 5.41) is 11.8. The summed E-state index contributed by atoms with van der Waals surface area (Å²) in [6.07, 6.45) is 8.46. The van der Waals surface area contributed by atoms with Gasteiger partial charge in [0.25, 0.3) is 0 Å². The molecule has 0 N–H and O–H groups in total. The third-order valence-corrected chi connectivity index (χ3v) is 7.91. The van der Waals surface area contributed by atoms with Gasteiger partial charge in [0.2, 0.25) is 0 Å². The van der Waals surface area contributed by atoms with Crippen LogP contribution in [-0.4, -0.2) is 24.0 Å². The second-order valence-corrected chi connectivity index (χ2v) is 10.1. The van der Waals surface area contributed by atoms with Gasteiger partial charge in [0.1, 0.15) is 0 Å². The largest absolute Gasteiger partial charge is 0.300 e. The van der Waals surface area contributed by atoms with E-state index in [4.69, 9.17) is 23.2 Å². The molecule has 2 nitrogen and oxygen atoms in total. The molecule has 0 heterocycles. The predicted molar refractivity (Wildman–Crippen MR) is 136 cm³/mol. The van der Waals surface area contributed by atoms with Crippen LogP contribution in [0.5, 0.6) is 0 Å². The van der Waals surface area contributed by atoms with Crippen molar-refractivity contribution < 1.29 is 0 Å². The molecule has 1 aliphatic rings. The fraction of sp³-hybridized carbons (Fsp3) is 0.536. The molecular formula is C28H36Cl2N2. The average Bonchev–Trinajstić information content (AvgIpc) is 3.34. The van der Waals surface area contributed by atoms with Crippen LogP contribution in [0.2, 0.25) is 10.0 Å². The maximum absolute atomic E-state index is 10.6. The van der Waals surface area contributed by atoms with Crippen molar-refractivity contribution in [1.29, 1.82) is 5.26 Å². The third-order valence-electron chi connectivity index (χ3n) is 7.28. The lowest BCUT2D eigenvalue weighted by molar-refractivity contribution is 0.184. The molecular weight excluding hydrogens is 435 g/mol. The molecule has 1 saturated carbocycles. The van der Waals surface area contributed by atoms with E-state index in [0.29, 0.717) is 22.0 Å². The van der Waals surface area contributed by atoms with E-state index < -0.39 is 5.41 Å². The van der Waals surface area contributed by atoms with Gasteiger partial charge in [0.05, 0.1) is 11.5 Å². The van der Waals surface area contributed by atoms with Crippen molar-refractivity contribution >= 4 is 23.2 Å². The molecule has 0 spiro atoms. The Balaban J connectivity index is 1.79. The SMILES string of the molecule is CCCN(CCc1ccccc1)C(C)CCC(C#N)(c1c(Cl)cccc1Cl)C1CCCC1. The van der Waals surface area contributed by atoms with E-state index in [1.807, 2.05) is 18.2 Å². The molecule has 0 amide bonds. The van der Waals surface area contributed by atoms with Crippen LogP contribution in [0.15, 0.2) is 48.5 Å². The van der Waals surface area contributed by atoms with Gasteiger partial charge in [-0.25, -0.2) is 0 Å². The highest BCUT2D eigenvalue weighted by atomic mass is 35.5. The molecule has 4 heteroatoms. The van der Waals surface area contributed by atoms with Crippen LogP contribution in [0, 0.1) is 17.2 Å². The first kappa shape index (κ1) is 25.1. The predicted octanol–water partition coefficient (Wildman–Crippen LogP) is 8.07. The molecule has 32 heavy (non-hydrogen) atoms. The number of nitriles is 1. The zero-order chi connectivity index (χ0) is 23.0. The Kier molecular flexibility index (Phi) is 9.47. The Labute approximate surface area is 204 Å². The zero-order valence-electron chi connectivity index (χ0n) is 19.5. The van der Waals surface area contributed by atoms with E-state index in [1.54, 1.807) is 0 Å². The number of rotatable bonds is 11. The molecule has 1 fully saturated rings. The van der Waals surface area contributed by atoms with E-state index in [1.165, 1.54) is 18.4 Å². The number of hydrogen-bond donors (Lipinski definition) is 0. The van der Waals surface area contributed by atoms with E-state index in [0.717, 1.165) is 57.2 Å². The van der Waals surface area contributed by atoms with Gasteiger partial charge in [-0.2, -0.15) is 5.26 Å². The van der Waals surface area contributed by atoms with Crippen LogP contribution in [0.3, 0.4) is 0 Å². The number of nitrogens with zero attached hydrogens (tertiary/aromatic N) is 2. The van der Waals surface area contributed by atoms with Crippen molar-refractivity contribution in [3.63, 3.8) is 0 Å². The summed E-state index contributed by atoms with van der Waals surface area (Å²) >= 11 is 13.3. The molecule has 2 aromatic carbocycles.